The van der Waals surface area contributed by atoms with Gasteiger partial charge in [0, 0.05) is 10.4 Å². The minimum absolute atomic E-state index is 0.494. The summed E-state index contributed by atoms with van der Waals surface area (Å²) in [4.78, 5) is 0. The van der Waals surface area contributed by atoms with Crippen LogP contribution in [0.15, 0.2) is 54.6 Å². The molecule has 0 aliphatic heterocycles. The summed E-state index contributed by atoms with van der Waals surface area (Å²) >= 11 is 5.93. The van der Waals surface area contributed by atoms with Crippen LogP contribution in [0, 0.1) is 11.3 Å². The number of halogens is 1. The summed E-state index contributed by atoms with van der Waals surface area (Å²) in [5.74, 6) is 0. The largest absolute Gasteiger partial charge is 0.397 e. The fourth-order valence-electron chi connectivity index (χ4n) is 2.36. The van der Waals surface area contributed by atoms with Gasteiger partial charge in [0.25, 0.3) is 0 Å². The number of nitrogens with two attached hydrogens (primary N) is 1. The number of anilines is 1. The van der Waals surface area contributed by atoms with Crippen LogP contribution in [0.25, 0.3) is 21.9 Å². The smallest absolute Gasteiger partial charge is 0.101 e. The summed E-state index contributed by atoms with van der Waals surface area (Å²) in [6.45, 7) is 0. The first kappa shape index (κ1) is 12.5. The van der Waals surface area contributed by atoms with Crippen molar-refractivity contribution in [2.24, 2.45) is 0 Å². The maximum absolute atomic E-state index is 9.24. The van der Waals surface area contributed by atoms with Crippen LogP contribution in [0.5, 0.6) is 0 Å². The van der Waals surface area contributed by atoms with Crippen molar-refractivity contribution in [2.45, 2.75) is 0 Å². The zero-order valence-corrected chi connectivity index (χ0v) is 11.4. The van der Waals surface area contributed by atoms with Gasteiger partial charge in [-0.15, -0.1) is 0 Å². The average molecular weight is 279 g/mol. The Balaban J connectivity index is 2.38. The van der Waals surface area contributed by atoms with E-state index in [1.165, 1.54) is 0 Å². The van der Waals surface area contributed by atoms with Gasteiger partial charge in [0.2, 0.25) is 0 Å². The number of benzene rings is 3. The molecule has 3 heteroatoms. The molecule has 0 heterocycles. The quantitative estimate of drug-likeness (QED) is 0.661. The molecule has 0 amide bonds. The molecule has 0 saturated heterocycles. The zero-order chi connectivity index (χ0) is 14.1. The Morgan fingerprint density at radius 3 is 2.25 bits per heavy atom. The summed E-state index contributed by atoms with van der Waals surface area (Å²) in [6.07, 6.45) is 0. The molecule has 3 rings (SSSR count). The van der Waals surface area contributed by atoms with E-state index in [1.54, 1.807) is 0 Å². The molecule has 0 saturated carbocycles. The topological polar surface area (TPSA) is 49.8 Å². The van der Waals surface area contributed by atoms with Crippen molar-refractivity contribution in [1.29, 1.82) is 5.26 Å². The predicted molar refractivity (Wildman–Crippen MR) is 83.5 cm³/mol. The highest BCUT2D eigenvalue weighted by molar-refractivity contribution is 6.30. The Hall–Kier alpha value is -2.50. The van der Waals surface area contributed by atoms with Crippen LogP contribution >= 0.6 is 11.6 Å². The predicted octanol–water partition coefficient (Wildman–Crippen LogP) is 4.61. The molecule has 2 N–H and O–H groups in total. The monoisotopic (exact) mass is 278 g/mol. The maximum Gasteiger partial charge on any atom is 0.101 e. The number of nitrogens with zero attached hydrogens (tertiary/aromatic N) is 1. The molecule has 0 aromatic heterocycles. The van der Waals surface area contributed by atoms with Crippen molar-refractivity contribution in [2.75, 3.05) is 5.73 Å². The molecule has 0 fully saturated rings. The summed E-state index contributed by atoms with van der Waals surface area (Å²) in [7, 11) is 0. The first-order chi connectivity index (χ1) is 9.70. The van der Waals surface area contributed by atoms with Gasteiger partial charge in [0.05, 0.1) is 11.3 Å². The van der Waals surface area contributed by atoms with Crippen LogP contribution in [-0.4, -0.2) is 0 Å². The standard InChI is InChI=1S/C17H11ClN2/c18-13-7-5-11(6-8-13)16-9-12(10-19)17(20)15-4-2-1-3-14(15)16/h1-9H,20H2. The number of fused-ring (bicyclic) bond motifs is 1. The number of rotatable bonds is 1. The van der Waals surface area contributed by atoms with Crippen LogP contribution < -0.4 is 5.73 Å². The summed E-state index contributed by atoms with van der Waals surface area (Å²) in [5.41, 5.74) is 9.08. The van der Waals surface area contributed by atoms with Crippen LogP contribution in [-0.2, 0) is 0 Å². The number of hydrogen-bond acceptors (Lipinski definition) is 2. The molecule has 0 unspecified atom stereocenters. The Morgan fingerprint density at radius 2 is 1.60 bits per heavy atom. The van der Waals surface area contributed by atoms with Gasteiger partial charge in [-0.3, -0.25) is 0 Å². The lowest BCUT2D eigenvalue weighted by Crippen LogP contribution is -1.94. The van der Waals surface area contributed by atoms with Crippen molar-refractivity contribution in [1.82, 2.24) is 0 Å². The molecule has 0 atom stereocenters. The second-order valence-corrected chi connectivity index (χ2v) is 4.99. The van der Waals surface area contributed by atoms with Gasteiger partial charge < -0.3 is 5.73 Å². The molecule has 0 spiro atoms. The summed E-state index contributed by atoms with van der Waals surface area (Å²) in [6, 6.07) is 19.4. The fourth-order valence-corrected chi connectivity index (χ4v) is 2.48. The van der Waals surface area contributed by atoms with Gasteiger partial charge in [-0.1, -0.05) is 48.0 Å². The van der Waals surface area contributed by atoms with E-state index in [9.17, 15) is 5.26 Å². The summed E-state index contributed by atoms with van der Waals surface area (Å²) in [5, 5.41) is 11.9. The van der Waals surface area contributed by atoms with Crippen LogP contribution in [0.1, 0.15) is 5.56 Å². The highest BCUT2D eigenvalue weighted by Crippen LogP contribution is 2.34. The normalized spacial score (nSPS) is 10.4. The van der Waals surface area contributed by atoms with Gasteiger partial charge in [-0.05, 0) is 34.7 Å². The Morgan fingerprint density at radius 1 is 0.950 bits per heavy atom. The SMILES string of the molecule is N#Cc1cc(-c2ccc(Cl)cc2)c2ccccc2c1N. The molecule has 2 nitrogen and oxygen atoms in total. The van der Waals surface area contributed by atoms with Gasteiger partial charge in [-0.2, -0.15) is 5.26 Å². The summed E-state index contributed by atoms with van der Waals surface area (Å²) < 4.78 is 0. The van der Waals surface area contributed by atoms with E-state index < -0.39 is 0 Å². The first-order valence-corrected chi connectivity index (χ1v) is 6.56. The van der Waals surface area contributed by atoms with E-state index in [2.05, 4.69) is 6.07 Å². The van der Waals surface area contributed by atoms with E-state index in [1.807, 2.05) is 54.6 Å². The fraction of sp³-hybridized carbons (Fsp3) is 0. The molecule has 96 valence electrons. The number of nitriles is 1. The molecule has 3 aromatic carbocycles. The highest BCUT2D eigenvalue weighted by atomic mass is 35.5. The molecule has 20 heavy (non-hydrogen) atoms. The van der Waals surface area contributed by atoms with E-state index in [-0.39, 0.29) is 0 Å². The number of hydrogen-bond donors (Lipinski definition) is 1. The van der Waals surface area contributed by atoms with Crippen molar-refractivity contribution < 1.29 is 0 Å². The van der Waals surface area contributed by atoms with Crippen molar-refractivity contribution >= 4 is 28.1 Å². The second kappa shape index (κ2) is 4.88. The van der Waals surface area contributed by atoms with Gasteiger partial charge >= 0.3 is 0 Å². The van der Waals surface area contributed by atoms with Crippen LogP contribution in [0.2, 0.25) is 5.02 Å². The third-order valence-electron chi connectivity index (χ3n) is 3.36. The molecule has 0 aliphatic rings. The third-order valence-corrected chi connectivity index (χ3v) is 3.61. The number of nitrogen functional groups attached to an aromatic ring is 1. The third kappa shape index (κ3) is 1.99. The maximum atomic E-state index is 9.24. The Kier molecular flexibility index (Phi) is 3.06. The lowest BCUT2D eigenvalue weighted by atomic mass is 9.94. The lowest BCUT2D eigenvalue weighted by Gasteiger charge is -2.11. The van der Waals surface area contributed by atoms with Gasteiger partial charge in [0.1, 0.15) is 6.07 Å². The Bertz CT molecular complexity index is 830. The lowest BCUT2D eigenvalue weighted by molar-refractivity contribution is 1.49. The van der Waals surface area contributed by atoms with E-state index >= 15 is 0 Å². The Labute approximate surface area is 122 Å². The van der Waals surface area contributed by atoms with Crippen LogP contribution in [0.3, 0.4) is 0 Å². The van der Waals surface area contributed by atoms with Crippen molar-refractivity contribution in [3.63, 3.8) is 0 Å². The van der Waals surface area contributed by atoms with Gasteiger partial charge in [-0.25, -0.2) is 0 Å². The second-order valence-electron chi connectivity index (χ2n) is 4.55. The average Bonchev–Trinajstić information content (AvgIpc) is 2.49. The minimum atomic E-state index is 0.494. The van der Waals surface area contributed by atoms with Crippen molar-refractivity contribution in [3.05, 3.63) is 65.2 Å². The van der Waals surface area contributed by atoms with E-state index in [0.717, 1.165) is 21.9 Å². The van der Waals surface area contributed by atoms with Crippen LogP contribution in [0.4, 0.5) is 5.69 Å². The van der Waals surface area contributed by atoms with Gasteiger partial charge in [0.15, 0.2) is 0 Å². The molecule has 0 aliphatic carbocycles. The molecular weight excluding hydrogens is 268 g/mol. The van der Waals surface area contributed by atoms with Crippen molar-refractivity contribution in [3.8, 4) is 17.2 Å². The first-order valence-electron chi connectivity index (χ1n) is 6.18. The molecule has 0 radical (unpaired) electrons. The minimum Gasteiger partial charge on any atom is -0.397 e. The van der Waals surface area contributed by atoms with E-state index in [0.29, 0.717) is 16.3 Å². The zero-order valence-electron chi connectivity index (χ0n) is 10.6. The molecular formula is C17H11ClN2. The molecule has 3 aromatic rings. The highest BCUT2D eigenvalue weighted by Gasteiger charge is 2.10. The van der Waals surface area contributed by atoms with E-state index in [4.69, 9.17) is 17.3 Å². The molecule has 0 bridgehead atoms.